The molecule has 0 aromatic heterocycles. The van der Waals surface area contributed by atoms with E-state index in [2.05, 4.69) is 17.6 Å². The molecule has 168 valence electrons. The Bertz CT molecular complexity index is 1010. The maximum Gasteiger partial charge on any atom is 0.234 e. The molecule has 0 aliphatic carbocycles. The zero-order valence-corrected chi connectivity index (χ0v) is 18.4. The standard InChI is InChI=1S/C26H29FN2O3/c1-3-19-11-13-20(14-12-19)26(21-7-6-8-22(27)17-21)29-25(30)18-28-15-16-32-24-10-5-4-9-23(24)31-2/h4-14,17,26,28H,3,15-16,18H2,1-2H3,(H,29,30)/t26-/m1/s1. The molecule has 5 nitrogen and oxygen atoms in total. The van der Waals surface area contributed by atoms with Crippen LogP contribution in [0.15, 0.2) is 72.8 Å². The maximum atomic E-state index is 13.8. The minimum absolute atomic E-state index is 0.119. The molecular weight excluding hydrogens is 407 g/mol. The molecule has 0 aliphatic heterocycles. The van der Waals surface area contributed by atoms with Gasteiger partial charge in [-0.2, -0.15) is 0 Å². The van der Waals surface area contributed by atoms with E-state index < -0.39 is 6.04 Å². The van der Waals surface area contributed by atoms with E-state index in [1.54, 1.807) is 13.2 Å². The van der Waals surface area contributed by atoms with Crippen LogP contribution in [0.25, 0.3) is 0 Å². The second-order valence-corrected chi connectivity index (χ2v) is 7.33. The van der Waals surface area contributed by atoms with Crippen molar-refractivity contribution in [2.24, 2.45) is 0 Å². The average molecular weight is 437 g/mol. The predicted molar refractivity (Wildman–Crippen MR) is 124 cm³/mol. The molecule has 0 saturated carbocycles. The van der Waals surface area contributed by atoms with Gasteiger partial charge < -0.3 is 20.1 Å². The smallest absolute Gasteiger partial charge is 0.234 e. The van der Waals surface area contributed by atoms with Gasteiger partial charge in [0.1, 0.15) is 12.4 Å². The Kier molecular flexibility index (Phi) is 8.63. The van der Waals surface area contributed by atoms with Crippen LogP contribution in [0.5, 0.6) is 11.5 Å². The summed E-state index contributed by atoms with van der Waals surface area (Å²) in [4.78, 5) is 12.6. The summed E-state index contributed by atoms with van der Waals surface area (Å²) in [5.41, 5.74) is 2.80. The summed E-state index contributed by atoms with van der Waals surface area (Å²) < 4.78 is 24.8. The molecule has 3 aromatic rings. The first-order valence-electron chi connectivity index (χ1n) is 10.7. The van der Waals surface area contributed by atoms with Crippen molar-refractivity contribution in [3.05, 3.63) is 95.3 Å². The van der Waals surface area contributed by atoms with Crippen molar-refractivity contribution in [1.82, 2.24) is 10.6 Å². The molecule has 0 bridgehead atoms. The number of halogens is 1. The van der Waals surface area contributed by atoms with Crippen molar-refractivity contribution in [1.29, 1.82) is 0 Å². The number of carbonyl (C=O) groups excluding carboxylic acids is 1. The van der Waals surface area contributed by atoms with Crippen LogP contribution < -0.4 is 20.1 Å². The fourth-order valence-electron chi connectivity index (χ4n) is 3.38. The fourth-order valence-corrected chi connectivity index (χ4v) is 3.38. The van der Waals surface area contributed by atoms with Crippen molar-refractivity contribution in [3.63, 3.8) is 0 Å². The molecule has 1 atom stereocenters. The Morgan fingerprint density at radius 1 is 0.969 bits per heavy atom. The number of hydrogen-bond donors (Lipinski definition) is 2. The maximum absolute atomic E-state index is 13.8. The molecule has 32 heavy (non-hydrogen) atoms. The molecule has 0 aliphatic rings. The third-order valence-electron chi connectivity index (χ3n) is 5.10. The second kappa shape index (κ2) is 11.9. The predicted octanol–water partition coefficient (Wildman–Crippen LogP) is 4.27. The highest BCUT2D eigenvalue weighted by Gasteiger charge is 2.17. The van der Waals surface area contributed by atoms with Crippen LogP contribution >= 0.6 is 0 Å². The Hall–Kier alpha value is -3.38. The van der Waals surface area contributed by atoms with Crippen molar-refractivity contribution in [3.8, 4) is 11.5 Å². The summed E-state index contributed by atoms with van der Waals surface area (Å²) in [5.74, 6) is 0.801. The molecule has 0 spiro atoms. The Morgan fingerprint density at radius 2 is 1.72 bits per heavy atom. The highest BCUT2D eigenvalue weighted by molar-refractivity contribution is 5.79. The number of nitrogens with one attached hydrogen (secondary N) is 2. The van der Waals surface area contributed by atoms with E-state index in [1.165, 1.54) is 17.7 Å². The summed E-state index contributed by atoms with van der Waals surface area (Å²) in [6.45, 7) is 3.08. The fraction of sp³-hybridized carbons (Fsp3) is 0.269. The number of para-hydroxylation sites is 2. The molecule has 3 rings (SSSR count). The summed E-state index contributed by atoms with van der Waals surface area (Å²) >= 11 is 0. The van der Waals surface area contributed by atoms with Gasteiger partial charge in [-0.15, -0.1) is 0 Å². The molecule has 1 amide bonds. The van der Waals surface area contributed by atoms with Gasteiger partial charge in [0.15, 0.2) is 11.5 Å². The number of amides is 1. The van der Waals surface area contributed by atoms with Gasteiger partial charge in [0.2, 0.25) is 5.91 Å². The first-order chi connectivity index (χ1) is 15.6. The van der Waals surface area contributed by atoms with E-state index in [1.807, 2.05) is 54.6 Å². The molecule has 0 fully saturated rings. The van der Waals surface area contributed by atoms with Crippen LogP contribution in [0.4, 0.5) is 4.39 Å². The van der Waals surface area contributed by atoms with E-state index >= 15 is 0 Å². The summed E-state index contributed by atoms with van der Waals surface area (Å²) in [6, 6.07) is 21.3. The Morgan fingerprint density at radius 3 is 2.41 bits per heavy atom. The van der Waals surface area contributed by atoms with Crippen LogP contribution in [0.3, 0.4) is 0 Å². The van der Waals surface area contributed by atoms with E-state index in [0.29, 0.717) is 30.2 Å². The van der Waals surface area contributed by atoms with E-state index in [0.717, 1.165) is 12.0 Å². The van der Waals surface area contributed by atoms with Gasteiger partial charge in [-0.1, -0.05) is 55.5 Å². The van der Waals surface area contributed by atoms with Crippen molar-refractivity contribution in [2.45, 2.75) is 19.4 Å². The molecule has 3 aromatic carbocycles. The summed E-state index contributed by atoms with van der Waals surface area (Å²) in [6.07, 6.45) is 0.929. The molecule has 6 heteroatoms. The van der Waals surface area contributed by atoms with Gasteiger partial charge in [-0.25, -0.2) is 4.39 Å². The van der Waals surface area contributed by atoms with Crippen LogP contribution in [-0.4, -0.2) is 32.7 Å². The third kappa shape index (κ3) is 6.56. The van der Waals surface area contributed by atoms with Crippen molar-refractivity contribution in [2.75, 3.05) is 26.8 Å². The molecule has 2 N–H and O–H groups in total. The van der Waals surface area contributed by atoms with Crippen molar-refractivity contribution < 1.29 is 18.7 Å². The van der Waals surface area contributed by atoms with E-state index in [-0.39, 0.29) is 18.3 Å². The number of benzene rings is 3. The molecule has 0 heterocycles. The first-order valence-corrected chi connectivity index (χ1v) is 10.7. The molecule has 0 saturated heterocycles. The topological polar surface area (TPSA) is 59.6 Å². The van der Waals surface area contributed by atoms with Gasteiger partial charge in [0, 0.05) is 6.54 Å². The van der Waals surface area contributed by atoms with Gasteiger partial charge in [0.05, 0.1) is 19.7 Å². The molecule has 0 unspecified atom stereocenters. The van der Waals surface area contributed by atoms with Gasteiger partial charge >= 0.3 is 0 Å². The zero-order chi connectivity index (χ0) is 22.8. The first kappa shape index (κ1) is 23.3. The number of methoxy groups -OCH3 is 1. The normalized spacial score (nSPS) is 11.6. The zero-order valence-electron chi connectivity index (χ0n) is 18.4. The van der Waals surface area contributed by atoms with E-state index in [9.17, 15) is 9.18 Å². The average Bonchev–Trinajstić information content (AvgIpc) is 2.82. The number of ether oxygens (including phenoxy) is 2. The van der Waals surface area contributed by atoms with Gasteiger partial charge in [-0.3, -0.25) is 4.79 Å². The number of aryl methyl sites for hydroxylation is 1. The minimum atomic E-state index is -0.435. The Labute approximate surface area is 188 Å². The second-order valence-electron chi connectivity index (χ2n) is 7.33. The van der Waals surface area contributed by atoms with Crippen molar-refractivity contribution >= 4 is 5.91 Å². The largest absolute Gasteiger partial charge is 0.493 e. The SMILES string of the molecule is CCc1ccc([C@@H](NC(=O)CNCCOc2ccccc2OC)c2cccc(F)c2)cc1. The van der Waals surface area contributed by atoms with Crippen LogP contribution in [0.1, 0.15) is 29.7 Å². The lowest BCUT2D eigenvalue weighted by atomic mass is 9.97. The number of carbonyl (C=O) groups is 1. The number of hydrogen-bond acceptors (Lipinski definition) is 4. The Balaban J connectivity index is 1.56. The third-order valence-corrected chi connectivity index (χ3v) is 5.10. The highest BCUT2D eigenvalue weighted by atomic mass is 19.1. The lowest BCUT2D eigenvalue weighted by Crippen LogP contribution is -2.38. The van der Waals surface area contributed by atoms with Crippen LogP contribution in [0, 0.1) is 5.82 Å². The molecule has 0 radical (unpaired) electrons. The minimum Gasteiger partial charge on any atom is -0.493 e. The van der Waals surface area contributed by atoms with Crippen LogP contribution in [-0.2, 0) is 11.2 Å². The highest BCUT2D eigenvalue weighted by Crippen LogP contribution is 2.25. The van der Waals surface area contributed by atoms with Crippen LogP contribution in [0.2, 0.25) is 0 Å². The monoisotopic (exact) mass is 436 g/mol. The summed E-state index contributed by atoms with van der Waals surface area (Å²) in [7, 11) is 1.59. The summed E-state index contributed by atoms with van der Waals surface area (Å²) in [5, 5.41) is 6.09. The van der Waals surface area contributed by atoms with Gasteiger partial charge in [0.25, 0.3) is 0 Å². The van der Waals surface area contributed by atoms with Gasteiger partial charge in [-0.05, 0) is 47.4 Å². The number of rotatable bonds is 11. The molecular formula is C26H29FN2O3. The van der Waals surface area contributed by atoms with E-state index in [4.69, 9.17) is 9.47 Å². The quantitative estimate of drug-likeness (QED) is 0.441. The lowest BCUT2D eigenvalue weighted by Gasteiger charge is -2.20. The lowest BCUT2D eigenvalue weighted by molar-refractivity contribution is -0.120.